The molecule has 44 heavy (non-hydrogen) atoms. The molecule has 3 aromatic rings. The molecule has 0 saturated heterocycles. The van der Waals surface area contributed by atoms with Gasteiger partial charge >= 0.3 is 0 Å². The zero-order valence-corrected chi connectivity index (χ0v) is 25.6. The minimum Gasteiger partial charge on any atom is -0.530 e. The van der Waals surface area contributed by atoms with E-state index in [2.05, 4.69) is 5.32 Å². The largest absolute Gasteiger partial charge is 0.530 e. The molecule has 0 unspecified atom stereocenters. The van der Waals surface area contributed by atoms with E-state index in [0.29, 0.717) is 6.42 Å². The third-order valence-electron chi connectivity index (χ3n) is 8.43. The molecule has 0 aromatic heterocycles. The van der Waals surface area contributed by atoms with Gasteiger partial charge in [0.15, 0.2) is 0 Å². The van der Waals surface area contributed by atoms with Gasteiger partial charge in [0.2, 0.25) is 0 Å². The minimum absolute atomic E-state index is 0.0361. The predicted molar refractivity (Wildman–Crippen MR) is 164 cm³/mol. The number of aliphatic hydroxyl groups excluding tert-OH is 2. The van der Waals surface area contributed by atoms with Crippen LogP contribution in [-0.2, 0) is 19.3 Å². The Bertz CT molecular complexity index is 1360. The normalized spacial score (nSPS) is 17.2. The zero-order chi connectivity index (χ0) is 31.9. The lowest BCUT2D eigenvalue weighted by Gasteiger charge is -2.46. The van der Waals surface area contributed by atoms with Gasteiger partial charge in [-0.05, 0) is 68.7 Å². The van der Waals surface area contributed by atoms with Crippen LogP contribution in [0.15, 0.2) is 84.9 Å². The van der Waals surface area contributed by atoms with Crippen LogP contribution in [0.4, 0.5) is 9.59 Å². The molecule has 5 atom stereocenters. The second kappa shape index (κ2) is 14.7. The molecule has 0 radical (unpaired) electrons. The SMILES string of the molecule is CC(C)(C)N(C(=O)[O-])[C@@H](Cc1ccccc1)[C@H](O)CNC[C@@H](O)[C@H](Cc1ccccc1)N(C(=O)[O-])[C@@H]1CCc2ccccc21. The van der Waals surface area contributed by atoms with Crippen LogP contribution in [0, 0.1) is 0 Å². The van der Waals surface area contributed by atoms with Gasteiger partial charge in [0, 0.05) is 18.6 Å². The van der Waals surface area contributed by atoms with Crippen LogP contribution in [0.3, 0.4) is 0 Å². The molecule has 9 nitrogen and oxygen atoms in total. The van der Waals surface area contributed by atoms with Crippen molar-refractivity contribution in [3.05, 3.63) is 107 Å². The smallest absolute Gasteiger partial charge is 0.137 e. The van der Waals surface area contributed by atoms with E-state index in [0.717, 1.165) is 33.6 Å². The summed E-state index contributed by atoms with van der Waals surface area (Å²) in [5.74, 6) is 0. The fraction of sp³-hybridized carbons (Fsp3) is 0.429. The first-order chi connectivity index (χ1) is 21.0. The molecule has 3 aromatic carbocycles. The fourth-order valence-corrected chi connectivity index (χ4v) is 6.41. The first-order valence-electron chi connectivity index (χ1n) is 15.2. The molecule has 236 valence electrons. The van der Waals surface area contributed by atoms with Crippen molar-refractivity contribution in [2.24, 2.45) is 0 Å². The maximum absolute atomic E-state index is 12.7. The monoisotopic (exact) mass is 601 g/mol. The molecule has 1 aliphatic carbocycles. The number of aryl methyl sites for hydroxylation is 1. The number of amides is 2. The van der Waals surface area contributed by atoms with Gasteiger partial charge in [0.05, 0.1) is 30.3 Å². The Labute approximate surface area is 259 Å². The zero-order valence-electron chi connectivity index (χ0n) is 25.6. The Hall–Kier alpha value is -3.92. The van der Waals surface area contributed by atoms with E-state index in [9.17, 15) is 30.0 Å². The number of carbonyl (C=O) groups excluding carboxylic acids is 2. The van der Waals surface area contributed by atoms with Crippen molar-refractivity contribution in [3.8, 4) is 0 Å². The second-order valence-corrected chi connectivity index (χ2v) is 12.5. The van der Waals surface area contributed by atoms with E-state index in [4.69, 9.17) is 0 Å². The highest BCUT2D eigenvalue weighted by atomic mass is 16.4. The lowest BCUT2D eigenvalue weighted by Crippen LogP contribution is -2.62. The van der Waals surface area contributed by atoms with Crippen molar-refractivity contribution in [3.63, 3.8) is 0 Å². The molecule has 2 amide bonds. The highest BCUT2D eigenvalue weighted by Crippen LogP contribution is 2.37. The molecule has 4 rings (SSSR count). The molecule has 0 fully saturated rings. The van der Waals surface area contributed by atoms with Gasteiger partial charge in [-0.25, -0.2) is 0 Å². The maximum atomic E-state index is 12.7. The summed E-state index contributed by atoms with van der Waals surface area (Å²) in [6.45, 7) is 5.16. The van der Waals surface area contributed by atoms with Crippen molar-refractivity contribution in [1.82, 2.24) is 15.1 Å². The number of nitrogens with zero attached hydrogens (tertiary/aromatic N) is 2. The Balaban J connectivity index is 1.53. The Kier molecular flexibility index (Phi) is 11.0. The summed E-state index contributed by atoms with van der Waals surface area (Å²) in [7, 11) is 0. The number of aliphatic hydroxyl groups is 2. The Morgan fingerprint density at radius 3 is 1.82 bits per heavy atom. The van der Waals surface area contributed by atoms with Gasteiger partial charge < -0.3 is 45.1 Å². The lowest BCUT2D eigenvalue weighted by atomic mass is 9.94. The summed E-state index contributed by atoms with van der Waals surface area (Å²) in [5.41, 5.74) is 2.88. The average Bonchev–Trinajstić information content (AvgIpc) is 3.40. The predicted octanol–water partition coefficient (Wildman–Crippen LogP) is 2.30. The number of carbonyl (C=O) groups is 2. The van der Waals surface area contributed by atoms with E-state index >= 15 is 0 Å². The topological polar surface area (TPSA) is 139 Å². The van der Waals surface area contributed by atoms with Crippen LogP contribution < -0.4 is 15.5 Å². The molecule has 0 aliphatic heterocycles. The summed E-state index contributed by atoms with van der Waals surface area (Å²) < 4.78 is 0. The van der Waals surface area contributed by atoms with Crippen LogP contribution in [0.25, 0.3) is 0 Å². The van der Waals surface area contributed by atoms with Gasteiger partial charge in [-0.1, -0.05) is 84.9 Å². The number of hydrogen-bond acceptors (Lipinski definition) is 7. The summed E-state index contributed by atoms with van der Waals surface area (Å²) in [6, 6.07) is 24.3. The van der Waals surface area contributed by atoms with E-state index in [1.165, 1.54) is 4.90 Å². The van der Waals surface area contributed by atoms with Crippen molar-refractivity contribution in [1.29, 1.82) is 0 Å². The number of fused-ring (bicyclic) bond motifs is 1. The standard InChI is InChI=1S/C35H45N3O6/c1-35(2,3)38(34(43)44)30(21-25-14-8-5-9-15-25)32(40)23-36-22-31(39)29(20-24-12-6-4-7-13-24)37(33(41)42)28-19-18-26-16-10-11-17-27(26)28/h4-17,28-32,36,39-40H,18-23H2,1-3H3,(H,41,42)(H,43,44)/p-2/t28-,29+,30+,31-,32-/m1/s1. The molecule has 0 bridgehead atoms. The van der Waals surface area contributed by atoms with Crippen molar-refractivity contribution in [2.75, 3.05) is 13.1 Å². The van der Waals surface area contributed by atoms with E-state index in [-0.39, 0.29) is 25.9 Å². The number of benzene rings is 3. The number of rotatable bonds is 13. The van der Waals surface area contributed by atoms with Gasteiger partial charge in [-0.3, -0.25) is 0 Å². The summed E-state index contributed by atoms with van der Waals surface area (Å²) >= 11 is 0. The summed E-state index contributed by atoms with van der Waals surface area (Å²) in [5, 5.41) is 50.9. The van der Waals surface area contributed by atoms with Crippen LogP contribution in [0.5, 0.6) is 0 Å². The summed E-state index contributed by atoms with van der Waals surface area (Å²) in [6.07, 6.45) is -3.21. The van der Waals surface area contributed by atoms with Gasteiger partial charge in [-0.2, -0.15) is 0 Å². The number of nitrogens with one attached hydrogen (secondary N) is 1. The van der Waals surface area contributed by atoms with Gasteiger partial charge in [0.25, 0.3) is 0 Å². The van der Waals surface area contributed by atoms with Crippen molar-refractivity contribution >= 4 is 12.2 Å². The second-order valence-electron chi connectivity index (χ2n) is 12.5. The van der Waals surface area contributed by atoms with Crippen LogP contribution in [0.2, 0.25) is 0 Å². The quantitative estimate of drug-likeness (QED) is 0.273. The number of carboxylic acid groups (broad SMARTS) is 2. The highest BCUT2D eigenvalue weighted by molar-refractivity contribution is 5.65. The molecule has 3 N–H and O–H groups in total. The van der Waals surface area contributed by atoms with Gasteiger partial charge in [0.1, 0.15) is 12.2 Å². The third kappa shape index (κ3) is 8.16. The number of hydrogen-bond donors (Lipinski definition) is 3. The fourth-order valence-electron chi connectivity index (χ4n) is 6.41. The first kappa shape index (κ1) is 33.0. The molecule has 0 spiro atoms. The van der Waals surface area contributed by atoms with Gasteiger partial charge in [-0.15, -0.1) is 0 Å². The van der Waals surface area contributed by atoms with Crippen LogP contribution in [0.1, 0.15) is 55.5 Å². The molecule has 0 saturated carbocycles. The molecular weight excluding hydrogens is 558 g/mol. The molecule has 1 aliphatic rings. The highest BCUT2D eigenvalue weighted by Gasteiger charge is 2.37. The minimum atomic E-state index is -1.39. The van der Waals surface area contributed by atoms with E-state index in [1.54, 1.807) is 20.8 Å². The molecule has 9 heteroatoms. The Morgan fingerprint density at radius 1 is 0.795 bits per heavy atom. The maximum Gasteiger partial charge on any atom is 0.137 e. The Morgan fingerprint density at radius 2 is 1.30 bits per heavy atom. The molecule has 0 heterocycles. The average molecular weight is 602 g/mol. The lowest BCUT2D eigenvalue weighted by molar-refractivity contribution is -0.275. The summed E-state index contributed by atoms with van der Waals surface area (Å²) in [4.78, 5) is 27.4. The van der Waals surface area contributed by atoms with Crippen molar-refractivity contribution in [2.45, 2.75) is 82.3 Å². The van der Waals surface area contributed by atoms with E-state index in [1.807, 2.05) is 84.9 Å². The first-order valence-corrected chi connectivity index (χ1v) is 15.2. The van der Waals surface area contributed by atoms with E-state index < -0.39 is 48.1 Å². The van der Waals surface area contributed by atoms with Crippen LogP contribution in [-0.4, -0.2) is 75.1 Å². The van der Waals surface area contributed by atoms with Crippen LogP contribution >= 0.6 is 0 Å². The molecular formula is C35H43N3O6-2. The third-order valence-corrected chi connectivity index (χ3v) is 8.43. The van der Waals surface area contributed by atoms with Crippen molar-refractivity contribution < 1.29 is 30.0 Å².